The summed E-state index contributed by atoms with van der Waals surface area (Å²) in [5, 5.41) is 23.2. The van der Waals surface area contributed by atoms with Crippen LogP contribution in [0.2, 0.25) is 0 Å². The maximum Gasteiger partial charge on any atom is 0.305 e. The summed E-state index contributed by atoms with van der Waals surface area (Å²) in [6.45, 7) is 4.93. The number of ether oxygens (including phenoxy) is 1. The number of rotatable bonds is 78. The molecule has 3 N–H and O–H groups in total. The SMILES string of the molecule is CCCCC/C=C\C/C=C\CCCCCCCCCCCC(=O)OCCCCCCCCCCCCCCCCCCCCCCCCCCCCCCCCCCCCCCCC(=O)NC(CO)C(O)/C=C/CCCCCCCCCCCCCCCCC. The molecular formula is C84H161NO5. The van der Waals surface area contributed by atoms with Crippen LogP contribution in [0.5, 0.6) is 0 Å². The Morgan fingerprint density at radius 3 is 0.867 bits per heavy atom. The number of aliphatic hydroxyl groups excluding tert-OH is 2. The molecule has 6 heteroatoms. The van der Waals surface area contributed by atoms with Crippen LogP contribution in [-0.2, 0) is 14.3 Å². The van der Waals surface area contributed by atoms with E-state index in [2.05, 4.69) is 43.5 Å². The molecule has 6 nitrogen and oxygen atoms in total. The van der Waals surface area contributed by atoms with E-state index in [4.69, 9.17) is 4.74 Å². The first kappa shape index (κ1) is 88.1. The molecule has 0 aromatic carbocycles. The number of aliphatic hydroxyl groups is 2. The first-order valence-corrected chi connectivity index (χ1v) is 41.3. The molecule has 0 aliphatic rings. The summed E-state index contributed by atoms with van der Waals surface area (Å²) in [7, 11) is 0. The standard InChI is InChI=1S/C84H161NO5/c1-3-5-7-9-11-13-15-17-19-21-41-46-50-54-58-62-66-70-74-78-84(89)90-79-75-71-67-63-59-55-51-47-43-40-38-36-34-32-30-28-26-24-22-23-25-27-29-31-33-35-37-39-42-45-49-53-57-61-65-69-73-77-83(88)85-81(80-86)82(87)76-72-68-64-60-56-52-48-44-20-18-16-14-12-10-8-6-4-2/h11,13,17,19,72,76,81-82,86-87H,3-10,12,14-16,18,20-71,73-75,77-80H2,1-2H3,(H,85,88)/b13-11-,19-17-,76-72+. The van der Waals surface area contributed by atoms with Gasteiger partial charge in [0.25, 0.3) is 0 Å². The summed E-state index contributed by atoms with van der Waals surface area (Å²) in [5.41, 5.74) is 0. The van der Waals surface area contributed by atoms with Crippen molar-refractivity contribution in [1.82, 2.24) is 5.32 Å². The predicted molar refractivity (Wildman–Crippen MR) is 398 cm³/mol. The lowest BCUT2D eigenvalue weighted by atomic mass is 10.0. The highest BCUT2D eigenvalue weighted by molar-refractivity contribution is 5.76. The lowest BCUT2D eigenvalue weighted by Crippen LogP contribution is -2.45. The van der Waals surface area contributed by atoms with Crippen molar-refractivity contribution < 1.29 is 24.5 Å². The van der Waals surface area contributed by atoms with Crippen LogP contribution in [0.1, 0.15) is 463 Å². The van der Waals surface area contributed by atoms with E-state index in [0.717, 1.165) is 44.9 Å². The van der Waals surface area contributed by atoms with E-state index in [1.54, 1.807) is 6.08 Å². The predicted octanol–water partition coefficient (Wildman–Crippen LogP) is 27.4. The lowest BCUT2D eigenvalue weighted by molar-refractivity contribution is -0.143. The molecule has 0 fully saturated rings. The number of hydrogen-bond acceptors (Lipinski definition) is 5. The first-order chi connectivity index (χ1) is 44.5. The second kappa shape index (κ2) is 79.5. The zero-order valence-electron chi connectivity index (χ0n) is 61.1. The minimum absolute atomic E-state index is 0.0201. The van der Waals surface area contributed by atoms with Crippen molar-refractivity contribution in [2.75, 3.05) is 13.2 Å². The molecule has 0 saturated carbocycles. The molecule has 1 amide bonds. The van der Waals surface area contributed by atoms with E-state index >= 15 is 0 Å². The van der Waals surface area contributed by atoms with E-state index in [9.17, 15) is 19.8 Å². The van der Waals surface area contributed by atoms with Crippen molar-refractivity contribution in [3.05, 3.63) is 36.5 Å². The number of esters is 1. The summed E-state index contributed by atoms with van der Waals surface area (Å²) >= 11 is 0. The molecule has 2 atom stereocenters. The second-order valence-electron chi connectivity index (χ2n) is 28.5. The molecule has 0 bridgehead atoms. The van der Waals surface area contributed by atoms with Crippen LogP contribution in [0.15, 0.2) is 36.5 Å². The quantitative estimate of drug-likeness (QED) is 0.0320. The van der Waals surface area contributed by atoms with Gasteiger partial charge in [-0.3, -0.25) is 9.59 Å². The summed E-state index contributed by atoms with van der Waals surface area (Å²) in [6.07, 6.45) is 104. The fourth-order valence-electron chi connectivity index (χ4n) is 13.1. The van der Waals surface area contributed by atoms with Crippen LogP contribution in [0.3, 0.4) is 0 Å². The summed E-state index contributed by atoms with van der Waals surface area (Å²) in [5.74, 6) is -0.0383. The van der Waals surface area contributed by atoms with Gasteiger partial charge in [-0.15, -0.1) is 0 Å². The fourth-order valence-corrected chi connectivity index (χ4v) is 13.1. The first-order valence-electron chi connectivity index (χ1n) is 41.3. The van der Waals surface area contributed by atoms with Crippen LogP contribution in [-0.4, -0.2) is 47.4 Å². The van der Waals surface area contributed by atoms with Gasteiger partial charge in [-0.1, -0.05) is 423 Å². The van der Waals surface area contributed by atoms with E-state index in [-0.39, 0.29) is 18.5 Å². The van der Waals surface area contributed by atoms with E-state index < -0.39 is 12.1 Å². The third-order valence-corrected chi connectivity index (χ3v) is 19.4. The van der Waals surface area contributed by atoms with Gasteiger partial charge in [-0.05, 0) is 64.2 Å². The molecule has 0 aliphatic carbocycles. The Morgan fingerprint density at radius 2 is 0.556 bits per heavy atom. The van der Waals surface area contributed by atoms with Crippen LogP contribution in [0.25, 0.3) is 0 Å². The number of unbranched alkanes of at least 4 members (excludes halogenated alkanes) is 63. The molecule has 90 heavy (non-hydrogen) atoms. The summed E-state index contributed by atoms with van der Waals surface area (Å²) in [6, 6.07) is -0.624. The van der Waals surface area contributed by atoms with Gasteiger partial charge in [-0.2, -0.15) is 0 Å². The third kappa shape index (κ3) is 75.1. The maximum atomic E-state index is 12.5. The average Bonchev–Trinajstić information content (AvgIpc) is 3.60. The van der Waals surface area contributed by atoms with Crippen molar-refractivity contribution >= 4 is 11.9 Å². The van der Waals surface area contributed by atoms with Crippen LogP contribution in [0.4, 0.5) is 0 Å². The minimum atomic E-state index is -0.841. The molecule has 0 aromatic heterocycles. The molecule has 0 radical (unpaired) electrons. The van der Waals surface area contributed by atoms with Gasteiger partial charge >= 0.3 is 5.97 Å². The van der Waals surface area contributed by atoms with Gasteiger partial charge in [0.2, 0.25) is 5.91 Å². The van der Waals surface area contributed by atoms with Gasteiger partial charge in [0.05, 0.1) is 25.4 Å². The highest BCUT2D eigenvalue weighted by Gasteiger charge is 2.18. The molecule has 0 heterocycles. The van der Waals surface area contributed by atoms with Gasteiger partial charge in [-0.25, -0.2) is 0 Å². The Kier molecular flexibility index (Phi) is 77.8. The van der Waals surface area contributed by atoms with E-state index in [1.807, 2.05) is 6.08 Å². The number of hydrogen-bond donors (Lipinski definition) is 3. The van der Waals surface area contributed by atoms with E-state index in [0.29, 0.717) is 19.4 Å². The lowest BCUT2D eigenvalue weighted by Gasteiger charge is -2.20. The van der Waals surface area contributed by atoms with Crippen molar-refractivity contribution in [3.8, 4) is 0 Å². The Hall–Kier alpha value is -1.92. The Labute approximate surface area is 564 Å². The second-order valence-corrected chi connectivity index (χ2v) is 28.5. The zero-order chi connectivity index (χ0) is 64.9. The number of amides is 1. The maximum absolute atomic E-state index is 12.5. The molecule has 0 spiro atoms. The zero-order valence-corrected chi connectivity index (χ0v) is 61.1. The van der Waals surface area contributed by atoms with Crippen molar-refractivity contribution in [2.45, 2.75) is 475 Å². The van der Waals surface area contributed by atoms with Crippen molar-refractivity contribution in [3.63, 3.8) is 0 Å². The van der Waals surface area contributed by atoms with Gasteiger partial charge in [0.15, 0.2) is 0 Å². The molecule has 0 rings (SSSR count). The summed E-state index contributed by atoms with van der Waals surface area (Å²) in [4.78, 5) is 24.7. The summed E-state index contributed by atoms with van der Waals surface area (Å²) < 4.78 is 5.52. The van der Waals surface area contributed by atoms with E-state index in [1.165, 1.54) is 392 Å². The average molecular weight is 1270 g/mol. The molecular weight excluding hydrogens is 1100 g/mol. The fraction of sp³-hybridized carbons (Fsp3) is 0.905. The van der Waals surface area contributed by atoms with Gasteiger partial charge < -0.3 is 20.3 Å². The topological polar surface area (TPSA) is 95.9 Å². The van der Waals surface area contributed by atoms with Crippen molar-refractivity contribution in [2.24, 2.45) is 0 Å². The molecule has 0 aliphatic heterocycles. The smallest absolute Gasteiger partial charge is 0.305 e. The van der Waals surface area contributed by atoms with Crippen molar-refractivity contribution in [1.29, 1.82) is 0 Å². The highest BCUT2D eigenvalue weighted by atomic mass is 16.5. The number of carbonyl (C=O) groups excluding carboxylic acids is 2. The Bertz CT molecular complexity index is 1460. The molecule has 532 valence electrons. The van der Waals surface area contributed by atoms with Gasteiger partial charge in [0, 0.05) is 12.8 Å². The largest absolute Gasteiger partial charge is 0.466 e. The highest BCUT2D eigenvalue weighted by Crippen LogP contribution is 2.20. The van der Waals surface area contributed by atoms with Gasteiger partial charge in [0.1, 0.15) is 0 Å². The number of nitrogens with one attached hydrogen (secondary N) is 1. The monoisotopic (exact) mass is 1260 g/mol. The molecule has 0 aromatic rings. The number of allylic oxidation sites excluding steroid dienone is 5. The van der Waals surface area contributed by atoms with Crippen LogP contribution >= 0.6 is 0 Å². The minimum Gasteiger partial charge on any atom is -0.466 e. The molecule has 2 unspecified atom stereocenters. The Balaban J connectivity index is 3.31. The van der Waals surface area contributed by atoms with Crippen LogP contribution in [0, 0.1) is 0 Å². The van der Waals surface area contributed by atoms with Crippen LogP contribution < -0.4 is 5.32 Å². The number of carbonyl (C=O) groups is 2. The molecule has 0 saturated heterocycles. The normalized spacial score (nSPS) is 12.6. The third-order valence-electron chi connectivity index (χ3n) is 19.4. The Morgan fingerprint density at radius 1 is 0.311 bits per heavy atom.